The molecule has 1 saturated heterocycles. The summed E-state index contributed by atoms with van der Waals surface area (Å²) in [5.74, 6) is 0.201. The van der Waals surface area contributed by atoms with E-state index in [0.29, 0.717) is 19.6 Å². The van der Waals surface area contributed by atoms with Crippen molar-refractivity contribution in [2.45, 2.75) is 12.8 Å². The lowest BCUT2D eigenvalue weighted by molar-refractivity contribution is -0.133. The molecule has 17 heavy (non-hydrogen) atoms. The van der Waals surface area contributed by atoms with E-state index in [1.807, 2.05) is 23.1 Å². The lowest BCUT2D eigenvalue weighted by Gasteiger charge is -2.30. The molecule has 1 aliphatic rings. The fourth-order valence-corrected chi connectivity index (χ4v) is 1.72. The van der Waals surface area contributed by atoms with Crippen LogP contribution in [0.25, 0.3) is 0 Å². The lowest BCUT2D eigenvalue weighted by atomic mass is 10.2. The van der Waals surface area contributed by atoms with E-state index in [0.717, 1.165) is 19.5 Å². The van der Waals surface area contributed by atoms with Crippen LogP contribution in [-0.4, -0.2) is 37.1 Å². The summed E-state index contributed by atoms with van der Waals surface area (Å²) in [5, 5.41) is 0. The first kappa shape index (κ1) is 12.1. The Morgan fingerprint density at radius 2 is 1.94 bits per heavy atom. The first-order valence-corrected chi connectivity index (χ1v) is 6.07. The molecule has 1 amide bonds. The normalized spacial score (nSPS) is 14.5. The van der Waals surface area contributed by atoms with Crippen molar-refractivity contribution in [1.82, 2.24) is 4.90 Å². The van der Waals surface area contributed by atoms with E-state index in [1.54, 1.807) is 0 Å². The molecule has 1 aliphatic heterocycles. The highest BCUT2D eigenvalue weighted by Crippen LogP contribution is 2.06. The number of nitrogens with zero attached hydrogens (tertiary/aromatic N) is 1. The number of hydrogen-bond acceptors (Lipinski definition) is 2. The van der Waals surface area contributed by atoms with Gasteiger partial charge in [-0.05, 0) is 12.0 Å². The van der Waals surface area contributed by atoms with Crippen molar-refractivity contribution < 1.29 is 9.53 Å². The minimum atomic E-state index is 0.201. The van der Waals surface area contributed by atoms with Crippen LogP contribution in [-0.2, 0) is 16.0 Å². The van der Waals surface area contributed by atoms with Crippen molar-refractivity contribution >= 4 is 5.91 Å². The molecule has 1 radical (unpaired) electrons. The molecule has 1 aromatic rings. The third kappa shape index (κ3) is 3.86. The van der Waals surface area contributed by atoms with Crippen LogP contribution in [0.4, 0.5) is 0 Å². The van der Waals surface area contributed by atoms with Crippen LogP contribution >= 0.6 is 0 Å². The second kappa shape index (κ2) is 6.40. The minimum Gasteiger partial charge on any atom is -0.381 e. The van der Waals surface area contributed by atoms with E-state index in [-0.39, 0.29) is 5.91 Å². The Bertz CT molecular complexity index is 346. The first-order chi connectivity index (χ1) is 8.36. The summed E-state index contributed by atoms with van der Waals surface area (Å²) >= 11 is 0. The predicted octanol–water partition coefficient (Wildman–Crippen LogP) is 1.68. The highest BCUT2D eigenvalue weighted by atomic mass is 16.5. The van der Waals surface area contributed by atoms with E-state index in [1.165, 1.54) is 5.56 Å². The van der Waals surface area contributed by atoms with Gasteiger partial charge in [-0.1, -0.05) is 30.3 Å². The van der Waals surface area contributed by atoms with E-state index in [2.05, 4.69) is 18.6 Å². The van der Waals surface area contributed by atoms with Gasteiger partial charge in [-0.15, -0.1) is 0 Å². The fourth-order valence-electron chi connectivity index (χ4n) is 1.72. The van der Waals surface area contributed by atoms with Gasteiger partial charge in [0, 0.05) is 19.5 Å². The SMILES string of the molecule is O=C(CCOCCc1ccccc1)N1C[CH]C1. The van der Waals surface area contributed by atoms with E-state index in [9.17, 15) is 4.79 Å². The van der Waals surface area contributed by atoms with Crippen molar-refractivity contribution in [2.24, 2.45) is 0 Å². The zero-order valence-corrected chi connectivity index (χ0v) is 9.97. The van der Waals surface area contributed by atoms with E-state index >= 15 is 0 Å². The Morgan fingerprint density at radius 1 is 1.18 bits per heavy atom. The van der Waals surface area contributed by atoms with Crippen LogP contribution in [0, 0.1) is 6.42 Å². The standard InChI is InChI=1S/C14H18NO2/c16-14(15-9-4-10-15)8-12-17-11-7-13-5-2-1-3-6-13/h1-6H,7-12H2. The molecule has 0 saturated carbocycles. The number of rotatable bonds is 6. The second-order valence-electron chi connectivity index (χ2n) is 4.19. The summed E-state index contributed by atoms with van der Waals surface area (Å²) in [6.07, 6.45) is 3.50. The van der Waals surface area contributed by atoms with Gasteiger partial charge in [0.05, 0.1) is 19.6 Å². The van der Waals surface area contributed by atoms with E-state index in [4.69, 9.17) is 4.74 Å². The molecule has 1 heterocycles. The second-order valence-corrected chi connectivity index (χ2v) is 4.19. The van der Waals surface area contributed by atoms with Crippen LogP contribution in [0.3, 0.4) is 0 Å². The van der Waals surface area contributed by atoms with Gasteiger partial charge < -0.3 is 9.64 Å². The number of amides is 1. The smallest absolute Gasteiger partial charge is 0.224 e. The maximum absolute atomic E-state index is 11.5. The van der Waals surface area contributed by atoms with Gasteiger partial charge in [-0.2, -0.15) is 0 Å². The van der Waals surface area contributed by atoms with Crippen LogP contribution in [0.5, 0.6) is 0 Å². The van der Waals surface area contributed by atoms with Gasteiger partial charge in [0.25, 0.3) is 0 Å². The van der Waals surface area contributed by atoms with Crippen LogP contribution in [0.15, 0.2) is 30.3 Å². The number of carbonyl (C=O) groups excluding carboxylic acids is 1. The van der Waals surface area contributed by atoms with Gasteiger partial charge in [0.2, 0.25) is 5.91 Å². The summed E-state index contributed by atoms with van der Waals surface area (Å²) in [7, 11) is 0. The molecular formula is C14H18NO2. The largest absolute Gasteiger partial charge is 0.381 e. The van der Waals surface area contributed by atoms with E-state index < -0.39 is 0 Å². The number of likely N-dealkylation sites (tertiary alicyclic amines) is 1. The van der Waals surface area contributed by atoms with Gasteiger partial charge in [-0.25, -0.2) is 0 Å². The molecule has 0 atom stereocenters. The predicted molar refractivity (Wildman–Crippen MR) is 66.5 cm³/mol. The molecule has 1 aromatic carbocycles. The van der Waals surface area contributed by atoms with Crippen molar-refractivity contribution in [3.8, 4) is 0 Å². The zero-order chi connectivity index (χ0) is 11.9. The summed E-state index contributed by atoms with van der Waals surface area (Å²) in [4.78, 5) is 13.3. The topological polar surface area (TPSA) is 29.5 Å². The number of hydrogen-bond donors (Lipinski definition) is 0. The Balaban J connectivity index is 1.53. The summed E-state index contributed by atoms with van der Waals surface area (Å²) in [5.41, 5.74) is 1.27. The summed E-state index contributed by atoms with van der Waals surface area (Å²) < 4.78 is 5.47. The van der Waals surface area contributed by atoms with Crippen LogP contribution in [0.2, 0.25) is 0 Å². The van der Waals surface area contributed by atoms with Crippen LogP contribution in [0.1, 0.15) is 12.0 Å². The first-order valence-electron chi connectivity index (χ1n) is 6.07. The number of carbonyl (C=O) groups is 1. The zero-order valence-electron chi connectivity index (χ0n) is 9.97. The molecule has 0 unspecified atom stereocenters. The quantitative estimate of drug-likeness (QED) is 0.698. The average Bonchev–Trinajstić information content (AvgIpc) is 2.27. The molecule has 0 spiro atoms. The Labute approximate surface area is 102 Å². The maximum atomic E-state index is 11.5. The number of ether oxygens (including phenoxy) is 1. The third-order valence-electron chi connectivity index (χ3n) is 2.89. The highest BCUT2D eigenvalue weighted by molar-refractivity contribution is 5.77. The van der Waals surface area contributed by atoms with Crippen molar-refractivity contribution in [3.05, 3.63) is 42.3 Å². The average molecular weight is 232 g/mol. The number of benzene rings is 1. The maximum Gasteiger partial charge on any atom is 0.224 e. The van der Waals surface area contributed by atoms with Crippen molar-refractivity contribution in [2.75, 3.05) is 26.3 Å². The molecule has 0 bridgehead atoms. The monoisotopic (exact) mass is 232 g/mol. The van der Waals surface area contributed by atoms with Gasteiger partial charge >= 0.3 is 0 Å². The van der Waals surface area contributed by atoms with Gasteiger partial charge in [0.1, 0.15) is 0 Å². The van der Waals surface area contributed by atoms with Crippen molar-refractivity contribution in [3.63, 3.8) is 0 Å². The molecule has 1 fully saturated rings. The molecule has 91 valence electrons. The third-order valence-corrected chi connectivity index (χ3v) is 2.89. The van der Waals surface area contributed by atoms with Crippen LogP contribution < -0.4 is 0 Å². The molecule has 3 heteroatoms. The summed E-state index contributed by atoms with van der Waals surface area (Å²) in [6.45, 7) is 2.83. The molecule has 3 nitrogen and oxygen atoms in total. The molecule has 0 aliphatic carbocycles. The highest BCUT2D eigenvalue weighted by Gasteiger charge is 2.19. The lowest BCUT2D eigenvalue weighted by Crippen LogP contribution is -2.43. The van der Waals surface area contributed by atoms with Gasteiger partial charge in [0.15, 0.2) is 0 Å². The van der Waals surface area contributed by atoms with Crippen molar-refractivity contribution in [1.29, 1.82) is 0 Å². The Morgan fingerprint density at radius 3 is 2.59 bits per heavy atom. The molecule has 2 rings (SSSR count). The fraction of sp³-hybridized carbons (Fsp3) is 0.429. The molecule has 0 N–H and O–H groups in total. The molecule has 0 aromatic heterocycles. The Kier molecular flexibility index (Phi) is 4.56. The summed E-state index contributed by atoms with van der Waals surface area (Å²) in [6, 6.07) is 10.2. The Hall–Kier alpha value is -1.35. The van der Waals surface area contributed by atoms with Gasteiger partial charge in [-0.3, -0.25) is 4.79 Å². The molecular weight excluding hydrogens is 214 g/mol. The minimum absolute atomic E-state index is 0.201.